The minimum Gasteiger partial charge on any atom is -0.345 e. The minimum atomic E-state index is 0.00299. The van der Waals surface area contributed by atoms with E-state index >= 15 is 0 Å². The summed E-state index contributed by atoms with van der Waals surface area (Å²) in [6.07, 6.45) is 3.54. The van der Waals surface area contributed by atoms with Gasteiger partial charge in [-0.05, 0) is 30.3 Å². The second kappa shape index (κ2) is 5.02. The lowest BCUT2D eigenvalue weighted by molar-refractivity contribution is 0.0828. The molecule has 0 atom stereocenters. The average Bonchev–Trinajstić information content (AvgIpc) is 2.90. The second-order valence-corrected chi connectivity index (χ2v) is 5.67. The Balaban J connectivity index is 2.06. The number of nitrogens with zero attached hydrogens (tertiary/aromatic N) is 3. The Kier molecular flexibility index (Phi) is 3.20. The van der Waals surface area contributed by atoms with Crippen LogP contribution in [-0.4, -0.2) is 34.9 Å². The number of hydrogen-bond donors (Lipinski definition) is 0. The van der Waals surface area contributed by atoms with Gasteiger partial charge in [-0.3, -0.25) is 9.78 Å². The molecule has 1 amide bonds. The predicted molar refractivity (Wildman–Crippen MR) is 80.9 cm³/mol. The first-order valence-corrected chi connectivity index (χ1v) is 6.99. The van der Waals surface area contributed by atoms with Gasteiger partial charge in [0.05, 0.1) is 10.2 Å². The Morgan fingerprint density at radius 1 is 1.25 bits per heavy atom. The fraction of sp³-hybridized carbons (Fsp3) is 0.133. The van der Waals surface area contributed by atoms with Crippen LogP contribution in [0.4, 0.5) is 0 Å². The molecule has 3 rings (SSSR count). The number of aromatic nitrogens is 2. The smallest absolute Gasteiger partial charge is 0.253 e. The fourth-order valence-corrected chi connectivity index (χ4v) is 2.92. The van der Waals surface area contributed by atoms with Gasteiger partial charge in [-0.15, -0.1) is 11.3 Å². The molecule has 0 aliphatic carbocycles. The largest absolute Gasteiger partial charge is 0.345 e. The molecule has 20 heavy (non-hydrogen) atoms. The van der Waals surface area contributed by atoms with Crippen molar-refractivity contribution in [3.05, 3.63) is 48.3 Å². The molecule has 0 aliphatic heterocycles. The topological polar surface area (TPSA) is 46.1 Å². The highest BCUT2D eigenvalue weighted by atomic mass is 32.1. The molecule has 0 fully saturated rings. The van der Waals surface area contributed by atoms with Crippen LogP contribution in [-0.2, 0) is 0 Å². The minimum absolute atomic E-state index is 0.00299. The molecule has 4 nitrogen and oxygen atoms in total. The molecule has 2 aromatic heterocycles. The van der Waals surface area contributed by atoms with Crippen LogP contribution in [0.15, 0.2) is 42.7 Å². The van der Waals surface area contributed by atoms with E-state index in [0.29, 0.717) is 5.56 Å². The Labute approximate surface area is 120 Å². The quantitative estimate of drug-likeness (QED) is 0.726. The Morgan fingerprint density at radius 2 is 2.10 bits per heavy atom. The van der Waals surface area contributed by atoms with Gasteiger partial charge in [0.15, 0.2) is 0 Å². The molecule has 1 aromatic carbocycles. The molecular formula is C15H13N3OS. The highest BCUT2D eigenvalue weighted by molar-refractivity contribution is 7.21. The number of amides is 1. The van der Waals surface area contributed by atoms with E-state index in [1.807, 2.05) is 30.3 Å². The number of carbonyl (C=O) groups excluding carboxylic acids is 1. The lowest BCUT2D eigenvalue weighted by Crippen LogP contribution is -2.21. The molecule has 5 heteroatoms. The third-order valence-electron chi connectivity index (χ3n) is 2.95. The van der Waals surface area contributed by atoms with E-state index in [9.17, 15) is 4.79 Å². The standard InChI is InChI=1S/C15H13N3OS/c1-18(2)15(19)10-5-6-12-13(8-10)20-14(17-12)11-4-3-7-16-9-11/h3-9H,1-2H3. The maximum atomic E-state index is 12.0. The normalized spacial score (nSPS) is 10.7. The van der Waals surface area contributed by atoms with Gasteiger partial charge in [0.1, 0.15) is 5.01 Å². The average molecular weight is 283 g/mol. The van der Waals surface area contributed by atoms with Crippen molar-refractivity contribution in [2.45, 2.75) is 0 Å². The van der Waals surface area contributed by atoms with Crippen LogP contribution in [0.25, 0.3) is 20.8 Å². The molecule has 0 aliphatic rings. The number of rotatable bonds is 2. The van der Waals surface area contributed by atoms with Crippen LogP contribution >= 0.6 is 11.3 Å². The number of benzene rings is 1. The van der Waals surface area contributed by atoms with E-state index in [1.165, 1.54) is 0 Å². The third kappa shape index (κ3) is 2.28. The lowest BCUT2D eigenvalue weighted by atomic mass is 10.2. The van der Waals surface area contributed by atoms with Crippen molar-refractivity contribution < 1.29 is 4.79 Å². The van der Waals surface area contributed by atoms with Crippen LogP contribution in [0.3, 0.4) is 0 Å². The first kappa shape index (κ1) is 12.7. The van der Waals surface area contributed by atoms with Gasteiger partial charge in [-0.2, -0.15) is 0 Å². The number of pyridine rings is 1. The first-order chi connectivity index (χ1) is 9.65. The van der Waals surface area contributed by atoms with Crippen molar-refractivity contribution in [1.29, 1.82) is 0 Å². The van der Waals surface area contributed by atoms with Crippen molar-refractivity contribution >= 4 is 27.5 Å². The van der Waals surface area contributed by atoms with Gasteiger partial charge in [-0.1, -0.05) is 0 Å². The highest BCUT2D eigenvalue weighted by Gasteiger charge is 2.11. The molecule has 0 saturated heterocycles. The van der Waals surface area contributed by atoms with Crippen molar-refractivity contribution in [2.24, 2.45) is 0 Å². The molecule has 0 radical (unpaired) electrons. The predicted octanol–water partition coefficient (Wildman–Crippen LogP) is 3.06. The summed E-state index contributed by atoms with van der Waals surface area (Å²) in [7, 11) is 3.50. The maximum Gasteiger partial charge on any atom is 0.253 e. The van der Waals surface area contributed by atoms with E-state index in [4.69, 9.17) is 0 Å². The maximum absolute atomic E-state index is 12.0. The Morgan fingerprint density at radius 3 is 2.80 bits per heavy atom. The summed E-state index contributed by atoms with van der Waals surface area (Å²) >= 11 is 1.57. The third-order valence-corrected chi connectivity index (χ3v) is 4.02. The summed E-state index contributed by atoms with van der Waals surface area (Å²) in [6.45, 7) is 0. The van der Waals surface area contributed by atoms with Crippen molar-refractivity contribution in [3.63, 3.8) is 0 Å². The summed E-state index contributed by atoms with van der Waals surface area (Å²) in [5.41, 5.74) is 2.59. The molecule has 0 N–H and O–H groups in total. The van der Waals surface area contributed by atoms with Gasteiger partial charge in [0.25, 0.3) is 5.91 Å². The molecule has 3 aromatic rings. The van der Waals surface area contributed by atoms with Gasteiger partial charge in [-0.25, -0.2) is 4.98 Å². The van der Waals surface area contributed by atoms with E-state index in [2.05, 4.69) is 9.97 Å². The summed E-state index contributed by atoms with van der Waals surface area (Å²) in [4.78, 5) is 22.2. The van der Waals surface area contributed by atoms with Gasteiger partial charge >= 0.3 is 0 Å². The van der Waals surface area contributed by atoms with Gasteiger partial charge in [0, 0.05) is 37.6 Å². The summed E-state index contributed by atoms with van der Waals surface area (Å²) in [5, 5.41) is 0.919. The fourth-order valence-electron chi connectivity index (χ4n) is 1.93. The van der Waals surface area contributed by atoms with Gasteiger partial charge < -0.3 is 4.90 Å². The number of thiazole rings is 1. The molecule has 0 unspecified atom stereocenters. The lowest BCUT2D eigenvalue weighted by Gasteiger charge is -2.09. The molecular weight excluding hydrogens is 270 g/mol. The zero-order valence-electron chi connectivity index (χ0n) is 11.2. The van der Waals surface area contributed by atoms with E-state index in [1.54, 1.807) is 42.7 Å². The summed E-state index contributed by atoms with van der Waals surface area (Å²) in [6, 6.07) is 9.48. The van der Waals surface area contributed by atoms with E-state index in [0.717, 1.165) is 20.8 Å². The van der Waals surface area contributed by atoms with Crippen LogP contribution in [0.2, 0.25) is 0 Å². The zero-order valence-corrected chi connectivity index (χ0v) is 12.0. The van der Waals surface area contributed by atoms with Crippen molar-refractivity contribution in [2.75, 3.05) is 14.1 Å². The van der Waals surface area contributed by atoms with Crippen molar-refractivity contribution in [1.82, 2.24) is 14.9 Å². The molecule has 100 valence electrons. The van der Waals surface area contributed by atoms with E-state index in [-0.39, 0.29) is 5.91 Å². The Bertz CT molecular complexity index is 765. The van der Waals surface area contributed by atoms with Crippen LogP contribution in [0.1, 0.15) is 10.4 Å². The highest BCUT2D eigenvalue weighted by Crippen LogP contribution is 2.30. The number of hydrogen-bond acceptors (Lipinski definition) is 4. The molecule has 0 spiro atoms. The monoisotopic (exact) mass is 283 g/mol. The zero-order chi connectivity index (χ0) is 14.1. The SMILES string of the molecule is CN(C)C(=O)c1ccc2nc(-c3cccnc3)sc2c1. The summed E-state index contributed by atoms with van der Waals surface area (Å²) in [5.74, 6) is 0.00299. The van der Waals surface area contributed by atoms with Crippen LogP contribution < -0.4 is 0 Å². The number of carbonyl (C=O) groups is 1. The van der Waals surface area contributed by atoms with Gasteiger partial charge in [0.2, 0.25) is 0 Å². The number of fused-ring (bicyclic) bond motifs is 1. The first-order valence-electron chi connectivity index (χ1n) is 6.18. The van der Waals surface area contributed by atoms with Crippen LogP contribution in [0, 0.1) is 0 Å². The summed E-state index contributed by atoms with van der Waals surface area (Å²) < 4.78 is 1.01. The van der Waals surface area contributed by atoms with Crippen molar-refractivity contribution in [3.8, 4) is 10.6 Å². The molecule has 0 saturated carbocycles. The Hall–Kier alpha value is -2.27. The molecule has 0 bridgehead atoms. The molecule has 2 heterocycles. The second-order valence-electron chi connectivity index (χ2n) is 4.64. The van der Waals surface area contributed by atoms with Crippen LogP contribution in [0.5, 0.6) is 0 Å². The van der Waals surface area contributed by atoms with E-state index < -0.39 is 0 Å².